The van der Waals surface area contributed by atoms with Crippen LogP contribution < -0.4 is 9.80 Å². The number of fused-ring (bicyclic) bond motifs is 1. The lowest BCUT2D eigenvalue weighted by molar-refractivity contribution is -0.124. The Balaban J connectivity index is 1.58. The number of anilines is 2. The second-order valence-corrected chi connectivity index (χ2v) is 7.65. The fourth-order valence-corrected chi connectivity index (χ4v) is 4.55. The largest absolute Gasteiger partial charge is 0.311 e. The molecule has 6 heteroatoms. The van der Waals surface area contributed by atoms with E-state index in [0.717, 1.165) is 22.8 Å². The summed E-state index contributed by atoms with van der Waals surface area (Å²) in [5.41, 5.74) is 1.16. The van der Waals surface area contributed by atoms with E-state index in [0.29, 0.717) is 6.54 Å². The molecule has 2 aliphatic heterocycles. The van der Waals surface area contributed by atoms with Crippen LogP contribution >= 0.6 is 11.8 Å². The highest BCUT2D eigenvalue weighted by Crippen LogP contribution is 2.36. The molecule has 0 aliphatic carbocycles. The number of rotatable bonds is 2. The Hall–Kier alpha value is -2.34. The summed E-state index contributed by atoms with van der Waals surface area (Å²) in [6, 6.07) is 14.1. The first-order chi connectivity index (χ1) is 12.6. The van der Waals surface area contributed by atoms with Crippen molar-refractivity contribution in [2.75, 3.05) is 28.6 Å². The van der Waals surface area contributed by atoms with E-state index in [1.165, 1.54) is 11.0 Å². The molecule has 2 aromatic rings. The van der Waals surface area contributed by atoms with Gasteiger partial charge in [-0.2, -0.15) is 0 Å². The SMILES string of the molecule is O=C1CC(C(=O)N2CCCSc3ccccc32)CN1c1ccccc1F. The smallest absolute Gasteiger partial charge is 0.232 e. The molecular formula is C20H19FN2O2S. The quantitative estimate of drug-likeness (QED) is 0.809. The van der Waals surface area contributed by atoms with E-state index in [4.69, 9.17) is 0 Å². The number of carbonyl (C=O) groups excluding carboxylic acids is 2. The summed E-state index contributed by atoms with van der Waals surface area (Å²) in [4.78, 5) is 29.9. The maximum Gasteiger partial charge on any atom is 0.232 e. The lowest BCUT2D eigenvalue weighted by atomic mass is 10.1. The second-order valence-electron chi connectivity index (χ2n) is 6.52. The van der Waals surface area contributed by atoms with Gasteiger partial charge >= 0.3 is 0 Å². The van der Waals surface area contributed by atoms with Crippen LogP contribution in [-0.2, 0) is 9.59 Å². The van der Waals surface area contributed by atoms with Gasteiger partial charge in [0.25, 0.3) is 0 Å². The molecule has 26 heavy (non-hydrogen) atoms. The van der Waals surface area contributed by atoms with Gasteiger partial charge in [0.15, 0.2) is 0 Å². The van der Waals surface area contributed by atoms with Crippen LogP contribution in [0, 0.1) is 11.7 Å². The van der Waals surface area contributed by atoms with Crippen LogP contribution in [0.3, 0.4) is 0 Å². The Kier molecular flexibility index (Phi) is 4.68. The number of halogens is 1. The summed E-state index contributed by atoms with van der Waals surface area (Å²) >= 11 is 1.75. The summed E-state index contributed by atoms with van der Waals surface area (Å²) in [5.74, 6) is -0.173. The van der Waals surface area contributed by atoms with E-state index in [1.54, 1.807) is 34.9 Å². The second kappa shape index (κ2) is 7.11. The third-order valence-corrected chi connectivity index (χ3v) is 5.97. The first-order valence-electron chi connectivity index (χ1n) is 8.73. The van der Waals surface area contributed by atoms with Gasteiger partial charge in [-0.15, -0.1) is 11.8 Å². The van der Waals surface area contributed by atoms with Crippen LogP contribution in [0.5, 0.6) is 0 Å². The predicted molar refractivity (Wildman–Crippen MR) is 101 cm³/mol. The van der Waals surface area contributed by atoms with Crippen LogP contribution in [0.4, 0.5) is 15.8 Å². The van der Waals surface area contributed by atoms with Crippen molar-refractivity contribution in [1.82, 2.24) is 0 Å². The molecule has 1 fully saturated rings. The number of amides is 2. The maximum absolute atomic E-state index is 14.1. The van der Waals surface area contributed by atoms with Gasteiger partial charge in [0, 0.05) is 24.4 Å². The number of hydrogen-bond donors (Lipinski definition) is 0. The molecule has 2 aromatic carbocycles. The Morgan fingerprint density at radius 2 is 1.81 bits per heavy atom. The summed E-state index contributed by atoms with van der Waals surface area (Å²) in [5, 5.41) is 0. The third kappa shape index (κ3) is 3.09. The van der Waals surface area contributed by atoms with Crippen LogP contribution in [0.15, 0.2) is 53.4 Å². The van der Waals surface area contributed by atoms with E-state index < -0.39 is 11.7 Å². The summed E-state index contributed by atoms with van der Waals surface area (Å²) in [6.07, 6.45) is 1.03. The number of thioether (sulfide) groups is 1. The van der Waals surface area contributed by atoms with Crippen molar-refractivity contribution in [3.8, 4) is 0 Å². The van der Waals surface area contributed by atoms with E-state index in [-0.39, 0.29) is 30.5 Å². The molecule has 0 radical (unpaired) electrons. The minimum atomic E-state index is -0.446. The molecule has 0 spiro atoms. The molecule has 1 saturated heterocycles. The monoisotopic (exact) mass is 370 g/mol. The van der Waals surface area contributed by atoms with E-state index in [1.807, 2.05) is 24.3 Å². The van der Waals surface area contributed by atoms with Gasteiger partial charge in [-0.1, -0.05) is 24.3 Å². The van der Waals surface area contributed by atoms with Crippen molar-refractivity contribution in [3.05, 3.63) is 54.3 Å². The number of hydrogen-bond acceptors (Lipinski definition) is 3. The minimum absolute atomic E-state index is 0.0489. The van der Waals surface area contributed by atoms with Gasteiger partial charge in [-0.05, 0) is 36.4 Å². The number of para-hydroxylation sites is 2. The highest BCUT2D eigenvalue weighted by atomic mass is 32.2. The Labute approximate surface area is 156 Å². The molecular weight excluding hydrogens is 351 g/mol. The van der Waals surface area contributed by atoms with Crippen molar-refractivity contribution in [2.45, 2.75) is 17.7 Å². The molecule has 1 unspecified atom stereocenters. The van der Waals surface area contributed by atoms with Crippen LogP contribution in [0.1, 0.15) is 12.8 Å². The average Bonchev–Trinajstić information content (AvgIpc) is 2.91. The molecule has 0 aromatic heterocycles. The van der Waals surface area contributed by atoms with E-state index in [9.17, 15) is 14.0 Å². The van der Waals surface area contributed by atoms with Gasteiger partial charge in [-0.3, -0.25) is 9.59 Å². The average molecular weight is 370 g/mol. The molecule has 0 N–H and O–H groups in total. The number of nitrogens with zero attached hydrogens (tertiary/aromatic N) is 2. The molecule has 0 saturated carbocycles. The standard InChI is InChI=1S/C20H19FN2O2S/c21-15-6-1-2-7-16(15)23-13-14(12-19(23)24)20(25)22-10-5-11-26-18-9-4-3-8-17(18)22/h1-4,6-9,14H,5,10-13H2. The van der Waals surface area contributed by atoms with Crippen LogP contribution in [0.2, 0.25) is 0 Å². The van der Waals surface area contributed by atoms with Gasteiger partial charge < -0.3 is 9.80 Å². The van der Waals surface area contributed by atoms with Gasteiger partial charge in [0.2, 0.25) is 11.8 Å². The molecule has 2 aliphatic rings. The molecule has 1 atom stereocenters. The third-order valence-electron chi connectivity index (χ3n) is 4.82. The predicted octanol–water partition coefficient (Wildman–Crippen LogP) is 3.71. The zero-order valence-electron chi connectivity index (χ0n) is 14.2. The van der Waals surface area contributed by atoms with Gasteiger partial charge in [0.1, 0.15) is 5.82 Å². The van der Waals surface area contributed by atoms with Crippen molar-refractivity contribution in [3.63, 3.8) is 0 Å². The van der Waals surface area contributed by atoms with Crippen molar-refractivity contribution in [2.24, 2.45) is 5.92 Å². The van der Waals surface area contributed by atoms with E-state index >= 15 is 0 Å². The molecule has 2 heterocycles. The highest BCUT2D eigenvalue weighted by molar-refractivity contribution is 7.99. The first kappa shape index (κ1) is 17.1. The first-order valence-corrected chi connectivity index (χ1v) is 9.72. The van der Waals surface area contributed by atoms with Crippen molar-refractivity contribution in [1.29, 1.82) is 0 Å². The summed E-state index contributed by atoms with van der Waals surface area (Å²) in [7, 11) is 0. The Bertz CT molecular complexity index is 857. The van der Waals surface area contributed by atoms with Crippen LogP contribution in [-0.4, -0.2) is 30.7 Å². The Morgan fingerprint density at radius 3 is 2.62 bits per heavy atom. The van der Waals surface area contributed by atoms with Crippen molar-refractivity contribution < 1.29 is 14.0 Å². The maximum atomic E-state index is 14.1. The van der Waals surface area contributed by atoms with Gasteiger partial charge in [0.05, 0.1) is 17.3 Å². The topological polar surface area (TPSA) is 40.6 Å². The summed E-state index contributed by atoms with van der Waals surface area (Å²) < 4.78 is 14.1. The minimum Gasteiger partial charge on any atom is -0.311 e. The normalized spacial score (nSPS) is 20.0. The zero-order chi connectivity index (χ0) is 18.1. The number of benzene rings is 2. The molecule has 2 amide bonds. The Morgan fingerprint density at radius 1 is 1.08 bits per heavy atom. The van der Waals surface area contributed by atoms with Crippen LogP contribution in [0.25, 0.3) is 0 Å². The fraction of sp³-hybridized carbons (Fsp3) is 0.300. The van der Waals surface area contributed by atoms with E-state index in [2.05, 4.69) is 0 Å². The van der Waals surface area contributed by atoms with Crippen molar-refractivity contribution >= 4 is 35.0 Å². The highest BCUT2D eigenvalue weighted by Gasteiger charge is 2.39. The summed E-state index contributed by atoms with van der Waals surface area (Å²) in [6.45, 7) is 0.873. The lowest BCUT2D eigenvalue weighted by Crippen LogP contribution is -2.38. The zero-order valence-corrected chi connectivity index (χ0v) is 15.0. The molecule has 0 bridgehead atoms. The molecule has 134 valence electrons. The molecule has 4 rings (SSSR count). The number of carbonyl (C=O) groups is 2. The lowest BCUT2D eigenvalue weighted by Gasteiger charge is -2.25. The van der Waals surface area contributed by atoms with Gasteiger partial charge in [-0.25, -0.2) is 4.39 Å². The fourth-order valence-electron chi connectivity index (χ4n) is 3.55. The molecule has 4 nitrogen and oxygen atoms in total.